The van der Waals surface area contributed by atoms with Crippen LogP contribution < -0.4 is 15.0 Å². The summed E-state index contributed by atoms with van der Waals surface area (Å²) in [6.07, 6.45) is 7.82. The molecule has 7 heterocycles. The average molecular weight is 802 g/mol. The maximum absolute atomic E-state index is 15.0. The molecule has 1 N–H and O–H groups in total. The molecule has 10 rings (SSSR count). The third-order valence-electron chi connectivity index (χ3n) is 12.8. The summed E-state index contributed by atoms with van der Waals surface area (Å²) in [6, 6.07) is 16.6. The van der Waals surface area contributed by atoms with E-state index in [0.717, 1.165) is 43.5 Å². The lowest BCUT2D eigenvalue weighted by molar-refractivity contribution is -0.125. The number of benzene rings is 2. The van der Waals surface area contributed by atoms with Crippen molar-refractivity contribution < 1.29 is 32.6 Å². The van der Waals surface area contributed by atoms with Gasteiger partial charge in [0.25, 0.3) is 17.7 Å². The monoisotopic (exact) mass is 801 g/mol. The molecule has 1 saturated carbocycles. The Morgan fingerprint density at radius 2 is 1.69 bits per heavy atom. The normalized spacial score (nSPS) is 22.7. The molecule has 14 heteroatoms. The molecule has 1 aliphatic carbocycles. The number of imide groups is 1. The van der Waals surface area contributed by atoms with E-state index in [1.54, 1.807) is 12.1 Å². The number of pyridine rings is 2. The van der Waals surface area contributed by atoms with Gasteiger partial charge in [0, 0.05) is 122 Å². The number of carbonyl (C=O) groups is 3. The molecule has 3 amide bonds. The molecule has 0 radical (unpaired) electrons. The van der Waals surface area contributed by atoms with Crippen LogP contribution in [0.25, 0.3) is 32.9 Å². The number of likely N-dealkylation sites (tertiary alicyclic amines) is 1. The molecule has 0 bridgehead atoms. The number of piperidine rings is 1. The summed E-state index contributed by atoms with van der Waals surface area (Å²) in [5.74, 6) is -3.58. The van der Waals surface area contributed by atoms with Crippen LogP contribution in [0.3, 0.4) is 0 Å². The fourth-order valence-corrected chi connectivity index (χ4v) is 9.66. The molecule has 5 aromatic rings. The molecule has 4 aliphatic heterocycles. The zero-order chi connectivity index (χ0) is 40.6. The first kappa shape index (κ1) is 37.5. The summed E-state index contributed by atoms with van der Waals surface area (Å²) in [5.41, 5.74) is 6.25. The molecule has 3 aromatic heterocycles. The first-order chi connectivity index (χ1) is 28.4. The zero-order valence-corrected chi connectivity index (χ0v) is 32.8. The van der Waals surface area contributed by atoms with Crippen LogP contribution in [0.4, 0.5) is 14.5 Å². The van der Waals surface area contributed by atoms with Crippen LogP contribution in [-0.4, -0.2) is 106 Å². The van der Waals surface area contributed by atoms with E-state index in [-0.39, 0.29) is 43.6 Å². The van der Waals surface area contributed by atoms with Crippen LogP contribution in [-0.2, 0) is 16.6 Å². The number of aromatic nitrogens is 3. The minimum absolute atomic E-state index is 0.00472. The minimum atomic E-state index is -2.81. The van der Waals surface area contributed by atoms with Gasteiger partial charge in [0.05, 0.1) is 29.3 Å². The van der Waals surface area contributed by atoms with Gasteiger partial charge in [-0.15, -0.1) is 0 Å². The Balaban J connectivity index is 0.629. The number of nitrogens with zero attached hydrogens (tertiary/aromatic N) is 6. The van der Waals surface area contributed by atoms with Crippen LogP contribution >= 0.6 is 0 Å². The van der Waals surface area contributed by atoms with Gasteiger partial charge in [-0.25, -0.2) is 13.8 Å². The van der Waals surface area contributed by atoms with Crippen LogP contribution in [0.1, 0.15) is 59.2 Å². The SMILES string of the molecule is C=C1CCC(N2C(=O)c3ccc(N4CC5(CN(CC(F)(F)CCCOC6CC(Oc7ccc(-c8ccc9c%10cnccc%10n(C)c9c8)cn7)C6)C5)C4)cc3C2=O)C(=O)N1. The first-order valence-electron chi connectivity index (χ1n) is 20.4. The van der Waals surface area contributed by atoms with Gasteiger partial charge in [-0.1, -0.05) is 18.7 Å². The third-order valence-corrected chi connectivity index (χ3v) is 12.8. The molecule has 304 valence electrons. The molecule has 3 saturated heterocycles. The van der Waals surface area contributed by atoms with Crippen LogP contribution in [0.5, 0.6) is 5.88 Å². The van der Waals surface area contributed by atoms with E-state index >= 15 is 0 Å². The predicted octanol–water partition coefficient (Wildman–Crippen LogP) is 6.34. The van der Waals surface area contributed by atoms with Crippen LogP contribution in [0, 0.1) is 5.41 Å². The van der Waals surface area contributed by atoms with Gasteiger partial charge in [-0.3, -0.25) is 29.2 Å². The van der Waals surface area contributed by atoms with Crippen molar-refractivity contribution in [3.05, 3.63) is 96.6 Å². The number of halogens is 2. The standard InChI is InChI=1S/C45H45F2N7O5/c1-27-4-10-38(41(55)50-27)54-42(56)34-9-7-30(17-35(34)43(54)57)53-24-44(25-53)22-52(23-44)26-45(46,47)13-3-15-58-31-18-32(19-31)59-40-11-6-29(20-49-40)28-5-8-33-36-21-48-14-12-37(36)51(2)39(33)16-28/h5-9,11-12,14,16-17,20-21,31-32,38H,1,3-4,10,13,15,18-19,22-26H2,2H3,(H,50,55). The highest BCUT2D eigenvalue weighted by Gasteiger charge is 2.54. The van der Waals surface area contributed by atoms with Crippen molar-refractivity contribution >= 4 is 45.2 Å². The average Bonchev–Trinajstić information content (AvgIpc) is 3.60. The largest absolute Gasteiger partial charge is 0.474 e. The Bertz CT molecular complexity index is 2520. The van der Waals surface area contributed by atoms with Gasteiger partial charge in [-0.05, 0) is 61.2 Å². The molecule has 5 aliphatic rings. The fraction of sp³-hybridized carbons (Fsp3) is 0.400. The van der Waals surface area contributed by atoms with E-state index in [4.69, 9.17) is 9.47 Å². The number of nitrogens with one attached hydrogen (secondary N) is 1. The predicted molar refractivity (Wildman–Crippen MR) is 217 cm³/mol. The highest BCUT2D eigenvalue weighted by molar-refractivity contribution is 6.23. The Labute approximate surface area is 339 Å². The van der Waals surface area contributed by atoms with E-state index in [1.807, 2.05) is 47.8 Å². The number of hydrogen-bond acceptors (Lipinski definition) is 9. The number of rotatable bonds is 12. The van der Waals surface area contributed by atoms with E-state index in [1.165, 1.54) is 0 Å². The smallest absolute Gasteiger partial charge is 0.262 e. The van der Waals surface area contributed by atoms with Crippen LogP contribution in [0.15, 0.2) is 85.5 Å². The first-order valence-corrected chi connectivity index (χ1v) is 20.4. The van der Waals surface area contributed by atoms with Gasteiger partial charge in [0.1, 0.15) is 12.1 Å². The Morgan fingerprint density at radius 3 is 2.47 bits per heavy atom. The topological polar surface area (TPSA) is 122 Å². The number of amides is 3. The number of ether oxygens (including phenoxy) is 2. The second-order valence-corrected chi connectivity index (χ2v) is 17.1. The van der Waals surface area contributed by atoms with Crippen molar-refractivity contribution in [2.24, 2.45) is 12.5 Å². The lowest BCUT2D eigenvalue weighted by Gasteiger charge is -2.61. The Kier molecular flexibility index (Phi) is 9.05. The fourth-order valence-electron chi connectivity index (χ4n) is 9.66. The molecular weight excluding hydrogens is 757 g/mol. The van der Waals surface area contributed by atoms with E-state index in [0.29, 0.717) is 74.6 Å². The summed E-state index contributed by atoms with van der Waals surface area (Å²) < 4.78 is 44.1. The second kappa shape index (κ2) is 14.2. The molecule has 59 heavy (non-hydrogen) atoms. The van der Waals surface area contributed by atoms with Gasteiger partial charge in [-0.2, -0.15) is 0 Å². The number of anilines is 1. The highest BCUT2D eigenvalue weighted by atomic mass is 19.3. The summed E-state index contributed by atoms with van der Waals surface area (Å²) >= 11 is 0. The highest BCUT2D eigenvalue weighted by Crippen LogP contribution is 2.44. The quantitative estimate of drug-likeness (QED) is 0.114. The van der Waals surface area contributed by atoms with Crippen molar-refractivity contribution in [2.75, 3.05) is 44.2 Å². The Hall–Kier alpha value is -5.73. The number of allylic oxidation sites excluding steroid dienone is 1. The summed E-state index contributed by atoms with van der Waals surface area (Å²) in [6.45, 7) is 6.34. The lowest BCUT2D eigenvalue weighted by Crippen LogP contribution is -2.73. The molecule has 4 fully saturated rings. The van der Waals surface area contributed by atoms with E-state index in [9.17, 15) is 23.2 Å². The van der Waals surface area contributed by atoms with Gasteiger partial charge in [0.2, 0.25) is 11.8 Å². The molecular formula is C45H45F2N7O5. The molecule has 2 aromatic carbocycles. The maximum Gasteiger partial charge on any atom is 0.262 e. The number of hydrogen-bond donors (Lipinski definition) is 1. The van der Waals surface area contributed by atoms with E-state index < -0.39 is 29.7 Å². The Morgan fingerprint density at radius 1 is 0.898 bits per heavy atom. The molecule has 12 nitrogen and oxygen atoms in total. The summed E-state index contributed by atoms with van der Waals surface area (Å²) in [4.78, 5) is 52.8. The number of aryl methyl sites for hydroxylation is 1. The summed E-state index contributed by atoms with van der Waals surface area (Å²) in [7, 11) is 2.06. The van der Waals surface area contributed by atoms with Crippen molar-refractivity contribution in [3.63, 3.8) is 0 Å². The minimum Gasteiger partial charge on any atom is -0.474 e. The summed E-state index contributed by atoms with van der Waals surface area (Å²) in [5, 5.41) is 4.94. The number of carbonyl (C=O) groups excluding carboxylic acids is 3. The van der Waals surface area contributed by atoms with E-state index in [2.05, 4.69) is 56.6 Å². The van der Waals surface area contributed by atoms with Crippen molar-refractivity contribution in [2.45, 2.75) is 62.7 Å². The van der Waals surface area contributed by atoms with Crippen molar-refractivity contribution in [1.29, 1.82) is 0 Å². The van der Waals surface area contributed by atoms with Crippen LogP contribution in [0.2, 0.25) is 0 Å². The number of alkyl halides is 2. The maximum atomic E-state index is 15.0. The van der Waals surface area contributed by atoms with Gasteiger partial charge in [0.15, 0.2) is 0 Å². The number of fused-ring (bicyclic) bond motifs is 4. The molecule has 1 atom stereocenters. The van der Waals surface area contributed by atoms with Gasteiger partial charge < -0.3 is 24.3 Å². The second-order valence-electron chi connectivity index (χ2n) is 17.1. The van der Waals surface area contributed by atoms with Crippen molar-refractivity contribution in [3.8, 4) is 17.0 Å². The van der Waals surface area contributed by atoms with Gasteiger partial charge >= 0.3 is 0 Å². The molecule has 1 unspecified atom stereocenters. The zero-order valence-electron chi connectivity index (χ0n) is 32.8. The molecule has 1 spiro atoms. The van der Waals surface area contributed by atoms with Crippen molar-refractivity contribution in [1.82, 2.24) is 29.7 Å². The third kappa shape index (κ3) is 6.81. The lowest BCUT2D eigenvalue weighted by atomic mass is 9.72.